The van der Waals surface area contributed by atoms with E-state index < -0.39 is 17.7 Å². The van der Waals surface area contributed by atoms with Crippen molar-refractivity contribution in [1.29, 1.82) is 0 Å². The minimum Gasteiger partial charge on any atom is -0.507 e. The van der Waals surface area contributed by atoms with Gasteiger partial charge in [-0.2, -0.15) is 0 Å². The predicted molar refractivity (Wildman–Crippen MR) is 112 cm³/mol. The summed E-state index contributed by atoms with van der Waals surface area (Å²) in [5.74, 6) is -1.03. The average molecular weight is 410 g/mol. The molecule has 7 heteroatoms. The standard InChI is InChI=1S/C23H26N2O5/c1-3-4-12-30-18-9-5-7-16(14-18)21(26)19-20(17-8-6-10-24-15-17)25(11-13-29-2)23(28)22(19)27/h5-10,14-15,20,26H,3-4,11-13H2,1-2H3. The van der Waals surface area contributed by atoms with Crippen molar-refractivity contribution in [1.82, 2.24) is 9.88 Å². The first-order valence-corrected chi connectivity index (χ1v) is 9.99. The molecule has 0 saturated carbocycles. The molecule has 0 radical (unpaired) electrons. The Kier molecular flexibility index (Phi) is 7.19. The van der Waals surface area contributed by atoms with Crippen molar-refractivity contribution in [2.24, 2.45) is 0 Å². The van der Waals surface area contributed by atoms with Crippen molar-refractivity contribution >= 4 is 17.4 Å². The van der Waals surface area contributed by atoms with Gasteiger partial charge in [0.2, 0.25) is 0 Å². The number of carbonyl (C=O) groups is 2. The molecular formula is C23H26N2O5. The van der Waals surface area contributed by atoms with Gasteiger partial charge in [0, 0.05) is 31.6 Å². The first-order chi connectivity index (χ1) is 14.6. The summed E-state index contributed by atoms with van der Waals surface area (Å²) in [5.41, 5.74) is 1.10. The number of Topliss-reactive ketones (excluding diaryl/α,β-unsaturated/α-hetero) is 1. The molecule has 0 spiro atoms. The lowest BCUT2D eigenvalue weighted by atomic mass is 9.96. The van der Waals surface area contributed by atoms with Gasteiger partial charge in [-0.05, 0) is 30.2 Å². The SMILES string of the molecule is CCCCOc1cccc(C(O)=C2C(=O)C(=O)N(CCOC)C2c2cccnc2)c1. The van der Waals surface area contributed by atoms with E-state index in [1.54, 1.807) is 48.8 Å². The largest absolute Gasteiger partial charge is 0.507 e. The number of hydrogen-bond donors (Lipinski definition) is 1. The minimum atomic E-state index is -0.737. The number of unbranched alkanes of at least 4 members (excludes halogenated alkanes) is 1. The Bertz CT molecular complexity index is 926. The van der Waals surface area contributed by atoms with Crippen LogP contribution in [0, 0.1) is 0 Å². The van der Waals surface area contributed by atoms with Crippen molar-refractivity contribution in [3.63, 3.8) is 0 Å². The van der Waals surface area contributed by atoms with Gasteiger partial charge in [0.25, 0.3) is 11.7 Å². The molecule has 1 aliphatic heterocycles. The third kappa shape index (κ3) is 4.52. The highest BCUT2D eigenvalue weighted by Crippen LogP contribution is 2.39. The predicted octanol–water partition coefficient (Wildman–Crippen LogP) is 3.33. The maximum Gasteiger partial charge on any atom is 0.295 e. The monoisotopic (exact) mass is 410 g/mol. The van der Waals surface area contributed by atoms with E-state index >= 15 is 0 Å². The number of nitrogens with zero attached hydrogens (tertiary/aromatic N) is 2. The van der Waals surface area contributed by atoms with Gasteiger partial charge in [-0.1, -0.05) is 31.5 Å². The zero-order valence-corrected chi connectivity index (χ0v) is 17.2. The number of rotatable bonds is 9. The van der Waals surface area contributed by atoms with E-state index in [1.165, 1.54) is 12.0 Å². The van der Waals surface area contributed by atoms with Crippen molar-refractivity contribution in [2.75, 3.05) is 26.9 Å². The van der Waals surface area contributed by atoms with Crippen LogP contribution in [0.25, 0.3) is 5.76 Å². The normalized spacial score (nSPS) is 18.1. The van der Waals surface area contributed by atoms with Crippen LogP contribution in [0.1, 0.15) is 36.9 Å². The summed E-state index contributed by atoms with van der Waals surface area (Å²) >= 11 is 0. The average Bonchev–Trinajstić information content (AvgIpc) is 3.03. The number of aliphatic hydroxyl groups excluding tert-OH is 1. The highest BCUT2D eigenvalue weighted by molar-refractivity contribution is 6.46. The fraction of sp³-hybridized carbons (Fsp3) is 0.348. The number of amides is 1. The third-order valence-corrected chi connectivity index (χ3v) is 4.95. The van der Waals surface area contributed by atoms with Crippen molar-refractivity contribution < 1.29 is 24.2 Å². The summed E-state index contributed by atoms with van der Waals surface area (Å²) in [4.78, 5) is 31.1. The first-order valence-electron chi connectivity index (χ1n) is 9.99. The van der Waals surface area contributed by atoms with Crippen LogP contribution in [-0.4, -0.2) is 53.5 Å². The summed E-state index contributed by atoms with van der Waals surface area (Å²) in [6, 6.07) is 9.67. The fourth-order valence-electron chi connectivity index (χ4n) is 3.41. The summed E-state index contributed by atoms with van der Waals surface area (Å²) in [6.07, 6.45) is 5.13. The van der Waals surface area contributed by atoms with Gasteiger partial charge in [-0.25, -0.2) is 0 Å². The number of aliphatic hydroxyl groups is 1. The quantitative estimate of drug-likeness (QED) is 0.295. The summed E-state index contributed by atoms with van der Waals surface area (Å²) in [6.45, 7) is 3.13. The summed E-state index contributed by atoms with van der Waals surface area (Å²) < 4.78 is 10.8. The lowest BCUT2D eigenvalue weighted by molar-refractivity contribution is -0.140. The number of benzene rings is 1. The molecular weight excluding hydrogens is 384 g/mol. The van der Waals surface area contributed by atoms with Crippen LogP contribution in [0.4, 0.5) is 0 Å². The first kappa shape index (κ1) is 21.5. The lowest BCUT2D eigenvalue weighted by Gasteiger charge is -2.24. The van der Waals surface area contributed by atoms with Gasteiger partial charge in [0.15, 0.2) is 0 Å². The van der Waals surface area contributed by atoms with Crippen molar-refractivity contribution in [2.45, 2.75) is 25.8 Å². The molecule has 2 aromatic rings. The highest BCUT2D eigenvalue weighted by atomic mass is 16.5. The van der Waals surface area contributed by atoms with Crippen LogP contribution >= 0.6 is 0 Å². The zero-order chi connectivity index (χ0) is 21.5. The molecule has 1 aliphatic rings. The second-order valence-electron chi connectivity index (χ2n) is 7.00. The summed E-state index contributed by atoms with van der Waals surface area (Å²) in [5, 5.41) is 11.1. The third-order valence-electron chi connectivity index (χ3n) is 4.95. The smallest absolute Gasteiger partial charge is 0.295 e. The van der Waals surface area contributed by atoms with Gasteiger partial charge in [-0.3, -0.25) is 14.6 Å². The molecule has 1 aromatic heterocycles. The van der Waals surface area contributed by atoms with E-state index in [1.807, 2.05) is 0 Å². The maximum atomic E-state index is 12.9. The van der Waals surface area contributed by atoms with Crippen LogP contribution in [0.5, 0.6) is 5.75 Å². The Morgan fingerprint density at radius 2 is 2.03 bits per heavy atom. The van der Waals surface area contributed by atoms with E-state index in [0.717, 1.165) is 12.8 Å². The lowest BCUT2D eigenvalue weighted by Crippen LogP contribution is -2.32. The molecule has 1 saturated heterocycles. The van der Waals surface area contributed by atoms with E-state index in [-0.39, 0.29) is 24.5 Å². The molecule has 3 rings (SSSR count). The van der Waals surface area contributed by atoms with Crippen LogP contribution in [-0.2, 0) is 14.3 Å². The molecule has 1 amide bonds. The Balaban J connectivity index is 2.04. The molecule has 0 aliphatic carbocycles. The van der Waals surface area contributed by atoms with Crippen LogP contribution in [0.3, 0.4) is 0 Å². The number of ketones is 1. The Labute approximate surface area is 175 Å². The second-order valence-corrected chi connectivity index (χ2v) is 7.00. The number of likely N-dealkylation sites (tertiary alicyclic amines) is 1. The minimum absolute atomic E-state index is 0.0369. The maximum absolute atomic E-state index is 12.9. The molecule has 1 atom stereocenters. The van der Waals surface area contributed by atoms with E-state index in [2.05, 4.69) is 11.9 Å². The van der Waals surface area contributed by atoms with E-state index in [4.69, 9.17) is 9.47 Å². The van der Waals surface area contributed by atoms with Gasteiger partial charge in [0.05, 0.1) is 24.8 Å². The van der Waals surface area contributed by atoms with E-state index in [0.29, 0.717) is 23.5 Å². The fourth-order valence-corrected chi connectivity index (χ4v) is 3.41. The summed E-state index contributed by atoms with van der Waals surface area (Å²) in [7, 11) is 1.53. The van der Waals surface area contributed by atoms with Gasteiger partial charge < -0.3 is 19.5 Å². The van der Waals surface area contributed by atoms with Crippen molar-refractivity contribution in [3.05, 3.63) is 65.5 Å². The molecule has 0 bridgehead atoms. The molecule has 158 valence electrons. The number of hydrogen-bond acceptors (Lipinski definition) is 6. The molecule has 30 heavy (non-hydrogen) atoms. The molecule has 2 heterocycles. The van der Waals surface area contributed by atoms with E-state index in [9.17, 15) is 14.7 Å². The van der Waals surface area contributed by atoms with Crippen LogP contribution in [0.15, 0.2) is 54.4 Å². The Morgan fingerprint density at radius 3 is 2.73 bits per heavy atom. The van der Waals surface area contributed by atoms with Crippen LogP contribution in [0.2, 0.25) is 0 Å². The van der Waals surface area contributed by atoms with Gasteiger partial charge in [0.1, 0.15) is 11.5 Å². The molecule has 7 nitrogen and oxygen atoms in total. The van der Waals surface area contributed by atoms with Crippen molar-refractivity contribution in [3.8, 4) is 5.75 Å². The molecule has 1 fully saturated rings. The number of ether oxygens (including phenoxy) is 2. The molecule has 1 unspecified atom stereocenters. The van der Waals surface area contributed by atoms with Crippen LogP contribution < -0.4 is 4.74 Å². The molecule has 1 N–H and O–H groups in total. The molecule has 1 aromatic carbocycles. The van der Waals surface area contributed by atoms with Gasteiger partial charge in [-0.15, -0.1) is 0 Å². The van der Waals surface area contributed by atoms with Gasteiger partial charge >= 0.3 is 0 Å². The topological polar surface area (TPSA) is 89.0 Å². The Hall–Kier alpha value is -3.19. The Morgan fingerprint density at radius 1 is 1.20 bits per heavy atom. The number of pyridine rings is 1. The zero-order valence-electron chi connectivity index (χ0n) is 17.2. The number of methoxy groups -OCH3 is 1. The highest BCUT2D eigenvalue weighted by Gasteiger charge is 2.45. The number of carbonyl (C=O) groups excluding carboxylic acids is 2. The number of aromatic nitrogens is 1. The second kappa shape index (κ2) is 10.0.